The van der Waals surface area contributed by atoms with Gasteiger partial charge in [-0.3, -0.25) is 0 Å². The molecule has 0 aliphatic rings. The number of hydrogen-bond acceptors (Lipinski definition) is 4. The van der Waals surface area contributed by atoms with E-state index in [2.05, 4.69) is 0 Å². The number of sulfone groups is 1. The second-order valence-electron chi connectivity index (χ2n) is 4.33. The van der Waals surface area contributed by atoms with Gasteiger partial charge in [0.15, 0.2) is 9.84 Å². The first-order valence-electron chi connectivity index (χ1n) is 5.66. The Morgan fingerprint density at radius 3 is 2.00 bits per heavy atom. The molecule has 0 aliphatic heterocycles. The van der Waals surface area contributed by atoms with Crippen molar-refractivity contribution in [1.29, 1.82) is 0 Å². The van der Waals surface area contributed by atoms with E-state index in [9.17, 15) is 18.3 Å². The third kappa shape index (κ3) is 2.80. The van der Waals surface area contributed by atoms with Crippen molar-refractivity contribution in [2.75, 3.05) is 6.26 Å². The number of benzene rings is 2. The summed E-state index contributed by atoms with van der Waals surface area (Å²) < 4.78 is 22.7. The lowest BCUT2D eigenvalue weighted by molar-refractivity contribution is 0.0694. The lowest BCUT2D eigenvalue weighted by Gasteiger charge is -2.06. The third-order valence-corrected chi connectivity index (χ3v) is 3.97. The molecular weight excluding hydrogens is 280 g/mol. The SMILES string of the molecule is CS(=O)(=O)c1ccc(-c2ccc(C(=O)O)c(O)c2)cc1. The molecule has 0 radical (unpaired) electrons. The van der Waals surface area contributed by atoms with Crippen LogP contribution in [0.2, 0.25) is 0 Å². The molecule has 104 valence electrons. The fourth-order valence-electron chi connectivity index (χ4n) is 1.79. The number of rotatable bonds is 3. The molecule has 0 amide bonds. The van der Waals surface area contributed by atoms with Gasteiger partial charge in [0.1, 0.15) is 11.3 Å². The Morgan fingerprint density at radius 2 is 1.55 bits per heavy atom. The van der Waals surface area contributed by atoms with Crippen LogP contribution in [-0.2, 0) is 9.84 Å². The molecule has 0 aromatic heterocycles. The highest BCUT2D eigenvalue weighted by Crippen LogP contribution is 2.27. The van der Waals surface area contributed by atoms with Crippen molar-refractivity contribution in [1.82, 2.24) is 0 Å². The van der Waals surface area contributed by atoms with Crippen LogP contribution < -0.4 is 0 Å². The van der Waals surface area contributed by atoms with Crippen LogP contribution in [0.5, 0.6) is 5.75 Å². The summed E-state index contributed by atoms with van der Waals surface area (Å²) in [6.45, 7) is 0. The zero-order valence-corrected chi connectivity index (χ0v) is 11.4. The second-order valence-corrected chi connectivity index (χ2v) is 6.35. The minimum Gasteiger partial charge on any atom is -0.507 e. The number of phenols is 1. The molecule has 2 rings (SSSR count). The van der Waals surface area contributed by atoms with Crippen LogP contribution in [0, 0.1) is 0 Å². The predicted molar refractivity (Wildman–Crippen MR) is 73.6 cm³/mol. The van der Waals surface area contributed by atoms with Crippen LogP contribution >= 0.6 is 0 Å². The monoisotopic (exact) mass is 292 g/mol. The number of carboxylic acid groups (broad SMARTS) is 1. The summed E-state index contributed by atoms with van der Waals surface area (Å²) in [6, 6.07) is 10.3. The van der Waals surface area contributed by atoms with Crippen molar-refractivity contribution in [2.24, 2.45) is 0 Å². The normalized spacial score (nSPS) is 11.2. The number of aromatic hydroxyl groups is 1. The summed E-state index contributed by atoms with van der Waals surface area (Å²) in [4.78, 5) is 11.0. The van der Waals surface area contributed by atoms with Crippen LogP contribution in [0.1, 0.15) is 10.4 Å². The van der Waals surface area contributed by atoms with Crippen molar-refractivity contribution in [2.45, 2.75) is 4.90 Å². The van der Waals surface area contributed by atoms with Crippen LogP contribution in [0.15, 0.2) is 47.4 Å². The number of carboxylic acids is 1. The highest BCUT2D eigenvalue weighted by atomic mass is 32.2. The van der Waals surface area contributed by atoms with Gasteiger partial charge >= 0.3 is 5.97 Å². The second kappa shape index (κ2) is 4.97. The topological polar surface area (TPSA) is 91.7 Å². The largest absolute Gasteiger partial charge is 0.507 e. The maximum Gasteiger partial charge on any atom is 0.339 e. The Labute approximate surface area is 116 Å². The summed E-state index contributed by atoms with van der Waals surface area (Å²) in [5, 5.41) is 18.5. The molecule has 0 bridgehead atoms. The van der Waals surface area contributed by atoms with Crippen LogP contribution in [0.3, 0.4) is 0 Å². The summed E-state index contributed by atoms with van der Waals surface area (Å²) in [7, 11) is -3.25. The Morgan fingerprint density at radius 1 is 1.00 bits per heavy atom. The lowest BCUT2D eigenvalue weighted by Crippen LogP contribution is -1.97. The molecule has 0 saturated carbocycles. The average molecular weight is 292 g/mol. The van der Waals surface area contributed by atoms with E-state index in [4.69, 9.17) is 5.11 Å². The Kier molecular flexibility index (Phi) is 3.50. The molecule has 0 saturated heterocycles. The minimum absolute atomic E-state index is 0.179. The highest BCUT2D eigenvalue weighted by molar-refractivity contribution is 7.90. The molecule has 0 heterocycles. The zero-order chi connectivity index (χ0) is 14.9. The van der Waals surface area contributed by atoms with Crippen molar-refractivity contribution in [3.63, 3.8) is 0 Å². The molecule has 2 aromatic rings. The number of hydrogen-bond donors (Lipinski definition) is 2. The first-order chi connectivity index (χ1) is 9.29. The summed E-state index contributed by atoms with van der Waals surface area (Å²) >= 11 is 0. The molecule has 0 atom stereocenters. The van der Waals surface area contributed by atoms with E-state index in [1.807, 2.05) is 0 Å². The van der Waals surface area contributed by atoms with Crippen LogP contribution in [0.25, 0.3) is 11.1 Å². The molecule has 2 aromatic carbocycles. The summed E-state index contributed by atoms with van der Waals surface area (Å²) in [5.41, 5.74) is 1.11. The van der Waals surface area contributed by atoms with E-state index in [1.54, 1.807) is 18.2 Å². The quantitative estimate of drug-likeness (QED) is 0.904. The Balaban J connectivity index is 2.42. The maximum absolute atomic E-state index is 11.3. The lowest BCUT2D eigenvalue weighted by atomic mass is 10.0. The molecule has 5 nitrogen and oxygen atoms in total. The van der Waals surface area contributed by atoms with Crippen LogP contribution in [-0.4, -0.2) is 30.9 Å². The van der Waals surface area contributed by atoms with E-state index in [0.717, 1.165) is 6.26 Å². The Bertz CT molecular complexity index is 761. The van der Waals surface area contributed by atoms with Crippen molar-refractivity contribution >= 4 is 15.8 Å². The highest BCUT2D eigenvalue weighted by Gasteiger charge is 2.11. The van der Waals surface area contributed by atoms with Gasteiger partial charge in [-0.05, 0) is 35.4 Å². The molecule has 0 fully saturated rings. The van der Waals surface area contributed by atoms with E-state index in [0.29, 0.717) is 11.1 Å². The molecule has 0 aliphatic carbocycles. The molecule has 0 spiro atoms. The third-order valence-electron chi connectivity index (χ3n) is 2.84. The van der Waals surface area contributed by atoms with Gasteiger partial charge in [0, 0.05) is 6.26 Å². The zero-order valence-electron chi connectivity index (χ0n) is 10.6. The van der Waals surface area contributed by atoms with Crippen molar-refractivity contribution < 1.29 is 23.4 Å². The van der Waals surface area contributed by atoms with Gasteiger partial charge < -0.3 is 10.2 Å². The van der Waals surface area contributed by atoms with Gasteiger partial charge in [-0.2, -0.15) is 0 Å². The van der Waals surface area contributed by atoms with Gasteiger partial charge in [-0.25, -0.2) is 13.2 Å². The summed E-state index contributed by atoms with van der Waals surface area (Å²) in [6.07, 6.45) is 1.12. The van der Waals surface area contributed by atoms with E-state index >= 15 is 0 Å². The first kappa shape index (κ1) is 14.1. The molecule has 0 unspecified atom stereocenters. The van der Waals surface area contributed by atoms with E-state index in [-0.39, 0.29) is 16.2 Å². The number of aromatic carboxylic acids is 1. The average Bonchev–Trinajstić information content (AvgIpc) is 2.37. The van der Waals surface area contributed by atoms with Gasteiger partial charge in [-0.1, -0.05) is 18.2 Å². The molecular formula is C14H12O5S. The predicted octanol–water partition coefficient (Wildman–Crippen LogP) is 2.16. The molecule has 2 N–H and O–H groups in total. The Hall–Kier alpha value is -2.34. The van der Waals surface area contributed by atoms with Crippen molar-refractivity contribution in [3.05, 3.63) is 48.0 Å². The van der Waals surface area contributed by atoms with Gasteiger partial charge in [0.2, 0.25) is 0 Å². The smallest absolute Gasteiger partial charge is 0.339 e. The molecule has 20 heavy (non-hydrogen) atoms. The van der Waals surface area contributed by atoms with Gasteiger partial charge in [0.05, 0.1) is 4.90 Å². The van der Waals surface area contributed by atoms with Crippen LogP contribution in [0.4, 0.5) is 0 Å². The number of carbonyl (C=O) groups is 1. The van der Waals surface area contributed by atoms with E-state index in [1.165, 1.54) is 24.3 Å². The fourth-order valence-corrected chi connectivity index (χ4v) is 2.42. The van der Waals surface area contributed by atoms with Crippen molar-refractivity contribution in [3.8, 4) is 16.9 Å². The fraction of sp³-hybridized carbons (Fsp3) is 0.0714. The van der Waals surface area contributed by atoms with Gasteiger partial charge in [0.25, 0.3) is 0 Å². The minimum atomic E-state index is -3.25. The molecule has 6 heteroatoms. The summed E-state index contributed by atoms with van der Waals surface area (Å²) in [5.74, 6) is -1.54. The standard InChI is InChI=1S/C14H12O5S/c1-20(18,19)11-5-2-9(3-6-11)10-4-7-12(14(16)17)13(15)8-10/h2-8,15H,1H3,(H,16,17). The first-order valence-corrected chi connectivity index (χ1v) is 7.55. The van der Waals surface area contributed by atoms with Gasteiger partial charge in [-0.15, -0.1) is 0 Å². The maximum atomic E-state index is 11.3. The van der Waals surface area contributed by atoms with E-state index < -0.39 is 15.8 Å².